The van der Waals surface area contributed by atoms with E-state index in [1.54, 1.807) is 0 Å². The second-order valence-electron chi connectivity index (χ2n) is 4.49. The van der Waals surface area contributed by atoms with Crippen LogP contribution in [-0.4, -0.2) is 24.1 Å². The predicted molar refractivity (Wildman–Crippen MR) is 64.3 cm³/mol. The van der Waals surface area contributed by atoms with E-state index in [9.17, 15) is 4.79 Å². The van der Waals surface area contributed by atoms with Crippen molar-refractivity contribution < 1.29 is 9.53 Å². The zero-order valence-corrected chi connectivity index (χ0v) is 10.3. The van der Waals surface area contributed by atoms with Gasteiger partial charge >= 0.3 is 5.97 Å². The molecular formula is C13H18N2O2. The first-order chi connectivity index (χ1) is 8.20. The first-order valence-electron chi connectivity index (χ1n) is 5.94. The molecule has 0 saturated heterocycles. The minimum absolute atomic E-state index is 0.167. The van der Waals surface area contributed by atoms with Crippen LogP contribution in [0.5, 0.6) is 0 Å². The molecule has 1 unspecified atom stereocenters. The van der Waals surface area contributed by atoms with Crippen molar-refractivity contribution in [2.75, 3.05) is 7.11 Å². The third kappa shape index (κ3) is 3.27. The molecule has 17 heavy (non-hydrogen) atoms. The summed E-state index contributed by atoms with van der Waals surface area (Å²) < 4.78 is 4.80. The van der Waals surface area contributed by atoms with Crippen molar-refractivity contribution in [1.29, 1.82) is 0 Å². The van der Waals surface area contributed by atoms with Crippen molar-refractivity contribution >= 4 is 5.97 Å². The third-order valence-corrected chi connectivity index (χ3v) is 3.00. The lowest BCUT2D eigenvalue weighted by Gasteiger charge is -2.15. The lowest BCUT2D eigenvalue weighted by atomic mass is 10.2. The first-order valence-corrected chi connectivity index (χ1v) is 5.94. The molecule has 1 saturated carbocycles. The van der Waals surface area contributed by atoms with Crippen molar-refractivity contribution in [3.63, 3.8) is 0 Å². The normalized spacial score (nSPS) is 16.6. The van der Waals surface area contributed by atoms with E-state index in [1.165, 1.54) is 7.11 Å². The van der Waals surface area contributed by atoms with E-state index in [4.69, 9.17) is 4.74 Å². The third-order valence-electron chi connectivity index (χ3n) is 3.00. The van der Waals surface area contributed by atoms with Crippen LogP contribution >= 0.6 is 0 Å². The Labute approximate surface area is 101 Å². The Morgan fingerprint density at radius 3 is 2.94 bits per heavy atom. The molecule has 1 N–H and O–H groups in total. The summed E-state index contributed by atoms with van der Waals surface area (Å²) in [5, 5.41) is 3.24. The molecule has 2 rings (SSSR count). The molecule has 0 aromatic carbocycles. The standard InChI is InChI=1S/C13H18N2O2/c1-9-4-3-5-11(15-9)8-14-12(10-6-7-10)13(16)17-2/h3-5,10,12,14H,6-8H2,1-2H3. The minimum atomic E-state index is -0.178. The van der Waals surface area contributed by atoms with Crippen molar-refractivity contribution in [3.8, 4) is 0 Å². The zero-order chi connectivity index (χ0) is 12.3. The van der Waals surface area contributed by atoms with Crippen LogP contribution in [-0.2, 0) is 16.1 Å². The van der Waals surface area contributed by atoms with Crippen LogP contribution in [0.25, 0.3) is 0 Å². The van der Waals surface area contributed by atoms with Crippen LogP contribution in [0.4, 0.5) is 0 Å². The van der Waals surface area contributed by atoms with Gasteiger partial charge in [0.25, 0.3) is 0 Å². The highest BCUT2D eigenvalue weighted by Crippen LogP contribution is 2.33. The van der Waals surface area contributed by atoms with Crippen LogP contribution in [0.3, 0.4) is 0 Å². The molecule has 1 atom stereocenters. The van der Waals surface area contributed by atoms with Gasteiger partial charge in [-0.15, -0.1) is 0 Å². The Bertz CT molecular complexity index is 402. The Morgan fingerprint density at radius 2 is 2.35 bits per heavy atom. The molecule has 1 aliphatic carbocycles. The lowest BCUT2D eigenvalue weighted by Crippen LogP contribution is -2.39. The highest BCUT2D eigenvalue weighted by atomic mass is 16.5. The molecule has 1 aromatic heterocycles. The Balaban J connectivity index is 1.93. The van der Waals surface area contributed by atoms with Crippen molar-refractivity contribution in [3.05, 3.63) is 29.6 Å². The van der Waals surface area contributed by atoms with Gasteiger partial charge in [0.2, 0.25) is 0 Å². The molecule has 4 nitrogen and oxygen atoms in total. The number of esters is 1. The van der Waals surface area contributed by atoms with Crippen LogP contribution in [0.1, 0.15) is 24.2 Å². The van der Waals surface area contributed by atoms with E-state index in [-0.39, 0.29) is 12.0 Å². The molecule has 1 aliphatic rings. The Kier molecular flexibility index (Phi) is 3.74. The summed E-state index contributed by atoms with van der Waals surface area (Å²) in [4.78, 5) is 16.0. The summed E-state index contributed by atoms with van der Waals surface area (Å²) in [7, 11) is 1.43. The summed E-state index contributed by atoms with van der Waals surface area (Å²) in [5.74, 6) is 0.271. The smallest absolute Gasteiger partial charge is 0.323 e. The number of aromatic nitrogens is 1. The highest BCUT2D eigenvalue weighted by molar-refractivity contribution is 5.76. The second-order valence-corrected chi connectivity index (χ2v) is 4.49. The largest absolute Gasteiger partial charge is 0.468 e. The number of rotatable bonds is 5. The number of hydrogen-bond acceptors (Lipinski definition) is 4. The topological polar surface area (TPSA) is 51.2 Å². The monoisotopic (exact) mass is 234 g/mol. The fourth-order valence-electron chi connectivity index (χ4n) is 1.91. The zero-order valence-electron chi connectivity index (χ0n) is 10.3. The van der Waals surface area contributed by atoms with Crippen molar-refractivity contribution in [2.24, 2.45) is 5.92 Å². The maximum Gasteiger partial charge on any atom is 0.323 e. The van der Waals surface area contributed by atoms with E-state index >= 15 is 0 Å². The Morgan fingerprint density at radius 1 is 1.59 bits per heavy atom. The predicted octanol–water partition coefficient (Wildman–Crippen LogP) is 1.43. The molecule has 1 heterocycles. The van der Waals surface area contributed by atoms with Gasteiger partial charge in [0.15, 0.2) is 0 Å². The fourth-order valence-corrected chi connectivity index (χ4v) is 1.91. The molecular weight excluding hydrogens is 216 g/mol. The van der Waals surface area contributed by atoms with E-state index < -0.39 is 0 Å². The van der Waals surface area contributed by atoms with Crippen LogP contribution in [0.15, 0.2) is 18.2 Å². The minimum Gasteiger partial charge on any atom is -0.468 e. The molecule has 1 aromatic rings. The van der Waals surface area contributed by atoms with Crippen LogP contribution in [0, 0.1) is 12.8 Å². The van der Waals surface area contributed by atoms with Gasteiger partial charge in [0.1, 0.15) is 6.04 Å². The van der Waals surface area contributed by atoms with Gasteiger partial charge < -0.3 is 4.74 Å². The molecule has 0 spiro atoms. The number of methoxy groups -OCH3 is 1. The quantitative estimate of drug-likeness (QED) is 0.783. The summed E-state index contributed by atoms with van der Waals surface area (Å²) >= 11 is 0. The molecule has 0 amide bonds. The number of hydrogen-bond donors (Lipinski definition) is 1. The summed E-state index contributed by atoms with van der Waals surface area (Å²) in [6.45, 7) is 2.57. The van der Waals surface area contributed by atoms with Crippen LogP contribution < -0.4 is 5.32 Å². The van der Waals surface area contributed by atoms with Gasteiger partial charge in [-0.05, 0) is 37.8 Å². The molecule has 0 aliphatic heterocycles. The van der Waals surface area contributed by atoms with Gasteiger partial charge in [-0.3, -0.25) is 15.1 Å². The van der Waals surface area contributed by atoms with E-state index in [0.717, 1.165) is 24.2 Å². The molecule has 0 bridgehead atoms. The number of carbonyl (C=O) groups is 1. The number of ether oxygens (including phenoxy) is 1. The molecule has 92 valence electrons. The number of carbonyl (C=O) groups excluding carboxylic acids is 1. The van der Waals surface area contributed by atoms with Gasteiger partial charge in [-0.2, -0.15) is 0 Å². The number of nitrogens with zero attached hydrogens (tertiary/aromatic N) is 1. The first kappa shape index (κ1) is 12.0. The fraction of sp³-hybridized carbons (Fsp3) is 0.538. The molecule has 1 fully saturated rings. The van der Waals surface area contributed by atoms with Crippen molar-refractivity contribution in [2.45, 2.75) is 32.4 Å². The van der Waals surface area contributed by atoms with Gasteiger partial charge in [0, 0.05) is 12.2 Å². The number of nitrogens with one attached hydrogen (secondary N) is 1. The Hall–Kier alpha value is -1.42. The number of pyridine rings is 1. The lowest BCUT2D eigenvalue weighted by molar-refractivity contribution is -0.143. The summed E-state index contributed by atoms with van der Waals surface area (Å²) in [6.07, 6.45) is 2.21. The average Bonchev–Trinajstić information content (AvgIpc) is 3.13. The van der Waals surface area contributed by atoms with E-state index in [1.807, 2.05) is 25.1 Å². The van der Waals surface area contributed by atoms with Gasteiger partial charge in [-0.25, -0.2) is 0 Å². The summed E-state index contributed by atoms with van der Waals surface area (Å²) in [5.41, 5.74) is 1.95. The van der Waals surface area contributed by atoms with Crippen molar-refractivity contribution in [1.82, 2.24) is 10.3 Å². The van der Waals surface area contributed by atoms with Crippen LogP contribution in [0.2, 0.25) is 0 Å². The SMILES string of the molecule is COC(=O)C(NCc1cccc(C)n1)C1CC1. The van der Waals surface area contributed by atoms with E-state index in [2.05, 4.69) is 10.3 Å². The average molecular weight is 234 g/mol. The highest BCUT2D eigenvalue weighted by Gasteiger charge is 2.36. The second kappa shape index (κ2) is 5.27. The maximum atomic E-state index is 11.6. The van der Waals surface area contributed by atoms with Gasteiger partial charge in [-0.1, -0.05) is 6.07 Å². The number of aryl methyl sites for hydroxylation is 1. The van der Waals surface area contributed by atoms with Gasteiger partial charge in [0.05, 0.1) is 12.8 Å². The summed E-state index contributed by atoms with van der Waals surface area (Å²) in [6, 6.07) is 5.72. The molecule has 0 radical (unpaired) electrons. The van der Waals surface area contributed by atoms with E-state index in [0.29, 0.717) is 12.5 Å². The molecule has 4 heteroatoms. The maximum absolute atomic E-state index is 11.6.